The molecule has 0 radical (unpaired) electrons. The highest BCUT2D eigenvalue weighted by Gasteiger charge is 2.15. The van der Waals surface area contributed by atoms with Crippen LogP contribution in [0.1, 0.15) is 0 Å². The van der Waals surface area contributed by atoms with Crippen LogP contribution >= 0.6 is 0 Å². The number of hydrogen-bond donors (Lipinski definition) is 1. The number of pyridine rings is 2. The Morgan fingerprint density at radius 2 is 2.04 bits per heavy atom. The molecule has 0 aromatic carbocycles. The molecule has 5 heterocycles. The molecule has 0 amide bonds. The lowest BCUT2D eigenvalue weighted by atomic mass is 10.1. The lowest BCUT2D eigenvalue weighted by molar-refractivity contribution is 0.799. The van der Waals surface area contributed by atoms with Gasteiger partial charge in [-0.15, -0.1) is 0 Å². The quantitative estimate of drug-likeness (QED) is 0.517. The van der Waals surface area contributed by atoms with Gasteiger partial charge in [-0.25, -0.2) is 9.97 Å². The van der Waals surface area contributed by atoms with E-state index in [0.29, 0.717) is 0 Å². The minimum absolute atomic E-state index is 0.767. The van der Waals surface area contributed by atoms with E-state index in [1.807, 2.05) is 49.6 Å². The Labute approximate surface area is 131 Å². The van der Waals surface area contributed by atoms with Crippen LogP contribution in [0.2, 0.25) is 0 Å². The van der Waals surface area contributed by atoms with Crippen molar-refractivity contribution in [2.45, 2.75) is 0 Å². The van der Waals surface area contributed by atoms with Gasteiger partial charge in [-0.1, -0.05) is 0 Å². The molecule has 6 heteroatoms. The Morgan fingerprint density at radius 3 is 2.96 bits per heavy atom. The maximum atomic E-state index is 4.74. The fourth-order valence-corrected chi connectivity index (χ4v) is 3.32. The van der Waals surface area contributed by atoms with E-state index in [1.165, 1.54) is 0 Å². The van der Waals surface area contributed by atoms with Crippen molar-refractivity contribution in [2.75, 3.05) is 0 Å². The third kappa shape index (κ3) is 1.60. The summed E-state index contributed by atoms with van der Waals surface area (Å²) in [5.41, 5.74) is 5.04. The Kier molecular flexibility index (Phi) is 2.26. The molecule has 0 bridgehead atoms. The third-order valence-corrected chi connectivity index (χ3v) is 4.42. The minimum atomic E-state index is 0.767. The average molecular weight is 302 g/mol. The Balaban J connectivity index is 1.86. The van der Waals surface area contributed by atoms with Gasteiger partial charge in [0.25, 0.3) is 0 Å². The number of aromatic nitrogens is 6. The van der Waals surface area contributed by atoms with Gasteiger partial charge in [0.05, 0.1) is 16.7 Å². The summed E-state index contributed by atoms with van der Waals surface area (Å²) in [5.74, 6) is 0. The van der Waals surface area contributed by atoms with E-state index in [-0.39, 0.29) is 0 Å². The van der Waals surface area contributed by atoms with Crippen molar-refractivity contribution < 1.29 is 0 Å². The molecule has 0 unspecified atom stereocenters. The molecule has 0 saturated carbocycles. The van der Waals surface area contributed by atoms with E-state index >= 15 is 0 Å². The van der Waals surface area contributed by atoms with Gasteiger partial charge in [-0.3, -0.25) is 9.67 Å². The topological polar surface area (TPSA) is 64.3 Å². The van der Waals surface area contributed by atoms with Gasteiger partial charge < -0.3 is 9.67 Å². The first kappa shape index (κ1) is 12.4. The zero-order chi connectivity index (χ0) is 15.6. The predicted molar refractivity (Wildman–Crippen MR) is 90.1 cm³/mol. The molecule has 0 saturated heterocycles. The van der Waals surface area contributed by atoms with E-state index < -0.39 is 0 Å². The summed E-state index contributed by atoms with van der Waals surface area (Å²) >= 11 is 0. The molecule has 0 aliphatic rings. The largest absolute Gasteiger partial charge is 0.350 e. The Morgan fingerprint density at radius 1 is 1.13 bits per heavy atom. The zero-order valence-corrected chi connectivity index (χ0v) is 12.8. The van der Waals surface area contributed by atoms with Crippen LogP contribution < -0.4 is 0 Å². The standard InChI is InChI=1S/C17H14N6/c1-22-9-13(12-8-18-4-3-15(12)22)14-5-11-16-10(7-20-23(16)2)6-19-17(11)21-14/h3-9,20H,1-2H3. The maximum absolute atomic E-state index is 4.74. The maximum Gasteiger partial charge on any atom is 0.162 e. The molecule has 0 aliphatic carbocycles. The van der Waals surface area contributed by atoms with Crippen LogP contribution in [0.15, 0.2) is 43.1 Å². The smallest absolute Gasteiger partial charge is 0.162 e. The first-order valence-electron chi connectivity index (χ1n) is 7.41. The Hall–Kier alpha value is -3.15. The van der Waals surface area contributed by atoms with Crippen LogP contribution in [0.3, 0.4) is 0 Å². The molecule has 0 fully saturated rings. The molecule has 112 valence electrons. The molecule has 6 nitrogen and oxygen atoms in total. The van der Waals surface area contributed by atoms with E-state index in [4.69, 9.17) is 4.98 Å². The normalized spacial score (nSPS) is 11.9. The van der Waals surface area contributed by atoms with Crippen LogP contribution in [-0.4, -0.2) is 29.3 Å². The van der Waals surface area contributed by atoms with Crippen LogP contribution in [0.25, 0.3) is 44.1 Å². The fraction of sp³-hybridized carbons (Fsp3) is 0.118. The highest BCUT2D eigenvalue weighted by Crippen LogP contribution is 2.32. The first-order valence-corrected chi connectivity index (χ1v) is 7.41. The summed E-state index contributed by atoms with van der Waals surface area (Å²) < 4.78 is 4.10. The second-order valence-electron chi connectivity index (χ2n) is 5.82. The number of nitrogens with one attached hydrogen (secondary N) is 1. The second kappa shape index (κ2) is 4.19. The summed E-state index contributed by atoms with van der Waals surface area (Å²) in [6.45, 7) is 0. The van der Waals surface area contributed by atoms with Crippen molar-refractivity contribution in [2.24, 2.45) is 14.1 Å². The molecule has 5 aromatic rings. The van der Waals surface area contributed by atoms with Gasteiger partial charge in [0, 0.05) is 66.8 Å². The van der Waals surface area contributed by atoms with E-state index in [9.17, 15) is 0 Å². The lowest BCUT2D eigenvalue weighted by Gasteiger charge is -1.95. The highest BCUT2D eigenvalue weighted by atomic mass is 15.2. The van der Waals surface area contributed by atoms with Crippen molar-refractivity contribution in [3.05, 3.63) is 43.1 Å². The molecule has 5 aromatic heterocycles. The van der Waals surface area contributed by atoms with Crippen molar-refractivity contribution in [3.8, 4) is 11.3 Å². The van der Waals surface area contributed by atoms with Gasteiger partial charge in [-0.2, -0.15) is 0 Å². The summed E-state index contributed by atoms with van der Waals surface area (Å²) in [6.07, 6.45) is 9.61. The monoisotopic (exact) mass is 302 g/mol. The number of aryl methyl sites for hydroxylation is 2. The summed E-state index contributed by atoms with van der Waals surface area (Å²) in [5, 5.41) is 6.43. The van der Waals surface area contributed by atoms with E-state index in [1.54, 1.807) is 0 Å². The number of aromatic amines is 1. The van der Waals surface area contributed by atoms with Gasteiger partial charge >= 0.3 is 0 Å². The van der Waals surface area contributed by atoms with Gasteiger partial charge in [0.2, 0.25) is 0 Å². The van der Waals surface area contributed by atoms with Crippen molar-refractivity contribution in [3.63, 3.8) is 0 Å². The van der Waals surface area contributed by atoms with Crippen molar-refractivity contribution in [1.29, 1.82) is 0 Å². The number of rotatable bonds is 1. The number of fused-ring (bicyclic) bond motifs is 4. The molecular formula is C17H14N6. The van der Waals surface area contributed by atoms with Crippen LogP contribution in [0.5, 0.6) is 0 Å². The molecule has 5 rings (SSSR count). The molecule has 23 heavy (non-hydrogen) atoms. The molecule has 0 atom stereocenters. The lowest BCUT2D eigenvalue weighted by Crippen LogP contribution is -1.89. The zero-order valence-electron chi connectivity index (χ0n) is 12.8. The Bertz CT molecular complexity index is 1190. The summed E-state index contributed by atoms with van der Waals surface area (Å²) in [4.78, 5) is 13.5. The number of nitrogens with zero attached hydrogens (tertiary/aromatic N) is 5. The van der Waals surface area contributed by atoms with Crippen LogP contribution in [0, 0.1) is 0 Å². The van der Waals surface area contributed by atoms with Gasteiger partial charge in [0.1, 0.15) is 0 Å². The van der Waals surface area contributed by atoms with Gasteiger partial charge in [-0.05, 0) is 12.1 Å². The highest BCUT2D eigenvalue weighted by molar-refractivity contribution is 6.05. The summed E-state index contributed by atoms with van der Waals surface area (Å²) in [7, 11) is 4.04. The predicted octanol–water partition coefficient (Wildman–Crippen LogP) is 3.00. The van der Waals surface area contributed by atoms with E-state index in [0.717, 1.165) is 44.1 Å². The fourth-order valence-electron chi connectivity index (χ4n) is 3.32. The van der Waals surface area contributed by atoms with Crippen LogP contribution in [0.4, 0.5) is 0 Å². The average Bonchev–Trinajstić information content (AvgIpc) is 3.23. The third-order valence-electron chi connectivity index (χ3n) is 4.42. The molecule has 0 spiro atoms. The van der Waals surface area contributed by atoms with Gasteiger partial charge in [0.15, 0.2) is 5.65 Å². The van der Waals surface area contributed by atoms with Crippen LogP contribution in [-0.2, 0) is 14.1 Å². The molecule has 0 aliphatic heterocycles. The van der Waals surface area contributed by atoms with Crippen molar-refractivity contribution in [1.82, 2.24) is 29.3 Å². The molecular weight excluding hydrogens is 288 g/mol. The molecule has 1 N–H and O–H groups in total. The summed E-state index contributed by atoms with van der Waals surface area (Å²) in [6, 6.07) is 4.13. The second-order valence-corrected chi connectivity index (χ2v) is 5.82. The van der Waals surface area contributed by atoms with Crippen molar-refractivity contribution >= 4 is 32.8 Å². The SMILES string of the molecule is Cn1cc(-c2cc3c(ncc4c[nH]n(C)c43)n2)c2cnccc21. The number of hydrogen-bond acceptors (Lipinski definition) is 3. The first-order chi connectivity index (χ1) is 11.2. The minimum Gasteiger partial charge on any atom is -0.350 e. The van der Waals surface area contributed by atoms with E-state index in [2.05, 4.69) is 31.9 Å². The number of H-pyrrole nitrogens is 1.